The minimum atomic E-state index is -0.0451. The van der Waals surface area contributed by atoms with Crippen molar-refractivity contribution >= 4 is 23.5 Å². The number of carbonyl (C=O) groups is 1. The molecule has 0 bridgehead atoms. The van der Waals surface area contributed by atoms with Crippen molar-refractivity contribution in [3.8, 4) is 5.69 Å². The first kappa shape index (κ1) is 23.3. The van der Waals surface area contributed by atoms with Gasteiger partial charge in [0, 0.05) is 38.9 Å². The Balaban J connectivity index is 1.31. The van der Waals surface area contributed by atoms with Gasteiger partial charge in [0.15, 0.2) is 5.16 Å². The molecule has 1 aliphatic heterocycles. The van der Waals surface area contributed by atoms with E-state index in [4.69, 9.17) is 0 Å². The van der Waals surface area contributed by atoms with Crippen LogP contribution < -0.4 is 10.2 Å². The smallest absolute Gasteiger partial charge is 0.230 e. The van der Waals surface area contributed by atoms with E-state index in [-0.39, 0.29) is 11.7 Å². The van der Waals surface area contributed by atoms with Gasteiger partial charge in [-0.1, -0.05) is 30.0 Å². The van der Waals surface area contributed by atoms with E-state index in [0.717, 1.165) is 59.8 Å². The van der Waals surface area contributed by atoms with Crippen LogP contribution in [0.3, 0.4) is 0 Å². The van der Waals surface area contributed by atoms with Crippen molar-refractivity contribution in [1.82, 2.24) is 30.0 Å². The van der Waals surface area contributed by atoms with Gasteiger partial charge in [0.25, 0.3) is 0 Å². The van der Waals surface area contributed by atoms with Crippen molar-refractivity contribution in [2.24, 2.45) is 0 Å². The number of pyridine rings is 1. The highest BCUT2D eigenvalue weighted by Crippen LogP contribution is 2.24. The van der Waals surface area contributed by atoms with Gasteiger partial charge in [-0.05, 0) is 56.6 Å². The Bertz CT molecular complexity index is 1100. The van der Waals surface area contributed by atoms with E-state index in [9.17, 15) is 4.79 Å². The Kier molecular flexibility index (Phi) is 7.29. The first-order chi connectivity index (χ1) is 15.9. The molecule has 0 spiro atoms. The lowest BCUT2D eigenvalue weighted by Gasteiger charge is -2.33. The number of hydrogen-bond acceptors (Lipinski definition) is 7. The molecule has 0 saturated carbocycles. The van der Waals surface area contributed by atoms with Crippen molar-refractivity contribution < 1.29 is 4.79 Å². The fourth-order valence-electron chi connectivity index (χ4n) is 3.80. The first-order valence-electron chi connectivity index (χ1n) is 11.2. The minimum Gasteiger partial charge on any atom is -0.354 e. The van der Waals surface area contributed by atoms with E-state index in [2.05, 4.69) is 69.4 Å². The largest absolute Gasteiger partial charge is 0.354 e. The van der Waals surface area contributed by atoms with Gasteiger partial charge in [-0.3, -0.25) is 9.36 Å². The highest BCUT2D eigenvalue weighted by Gasteiger charge is 2.16. The number of nitrogens with one attached hydrogen (secondary N) is 1. The zero-order valence-corrected chi connectivity index (χ0v) is 20.5. The van der Waals surface area contributed by atoms with Crippen molar-refractivity contribution in [3.05, 3.63) is 59.0 Å². The van der Waals surface area contributed by atoms with Crippen molar-refractivity contribution in [2.45, 2.75) is 32.5 Å². The van der Waals surface area contributed by atoms with Crippen LogP contribution in [-0.2, 0) is 11.3 Å². The molecule has 0 unspecified atom stereocenters. The maximum Gasteiger partial charge on any atom is 0.230 e. The summed E-state index contributed by atoms with van der Waals surface area (Å²) in [7, 11) is 2.14. The van der Waals surface area contributed by atoms with E-state index in [1.165, 1.54) is 17.3 Å². The number of aryl methyl sites for hydroxylation is 3. The van der Waals surface area contributed by atoms with Gasteiger partial charge in [0.05, 0.1) is 11.4 Å². The molecule has 4 rings (SSSR count). The molecule has 3 aromatic rings. The first-order valence-corrected chi connectivity index (χ1v) is 12.2. The van der Waals surface area contributed by atoms with Crippen LogP contribution in [0.4, 0.5) is 5.82 Å². The summed E-state index contributed by atoms with van der Waals surface area (Å²) in [6.07, 6.45) is 1.85. The van der Waals surface area contributed by atoms with Crippen LogP contribution in [-0.4, -0.2) is 69.5 Å². The van der Waals surface area contributed by atoms with Crippen LogP contribution >= 0.6 is 11.8 Å². The number of piperazine rings is 1. The molecule has 0 atom stereocenters. The molecular weight excluding hydrogens is 434 g/mol. The van der Waals surface area contributed by atoms with Gasteiger partial charge >= 0.3 is 0 Å². The minimum absolute atomic E-state index is 0.0451. The number of likely N-dealkylation sites (N-methyl/N-ethyl adjacent to an activating group) is 1. The monoisotopic (exact) mass is 465 g/mol. The number of anilines is 1. The Morgan fingerprint density at radius 3 is 2.58 bits per heavy atom. The molecule has 2 aromatic heterocycles. The van der Waals surface area contributed by atoms with E-state index in [0.29, 0.717) is 6.54 Å². The molecule has 1 saturated heterocycles. The number of hydrogen-bond donors (Lipinski definition) is 1. The molecule has 0 radical (unpaired) electrons. The van der Waals surface area contributed by atoms with Crippen LogP contribution in [0, 0.1) is 20.8 Å². The molecule has 1 N–H and O–H groups in total. The van der Waals surface area contributed by atoms with Crippen molar-refractivity contribution in [3.63, 3.8) is 0 Å². The summed E-state index contributed by atoms with van der Waals surface area (Å²) < 4.78 is 2.02. The average molecular weight is 466 g/mol. The number of amides is 1. The van der Waals surface area contributed by atoms with E-state index < -0.39 is 0 Å². The van der Waals surface area contributed by atoms with Gasteiger partial charge in [0.1, 0.15) is 11.6 Å². The number of rotatable bonds is 7. The SMILES string of the molecule is Cc1ccc(C)c(-n2c(C)nnc2SCC(=O)NCc2ccc(N3CCN(C)CC3)nc2)c1. The molecule has 0 aliphatic carbocycles. The lowest BCUT2D eigenvalue weighted by Crippen LogP contribution is -2.44. The normalized spacial score (nSPS) is 14.5. The Morgan fingerprint density at radius 2 is 1.85 bits per heavy atom. The predicted molar refractivity (Wildman–Crippen MR) is 132 cm³/mol. The molecule has 33 heavy (non-hydrogen) atoms. The van der Waals surface area contributed by atoms with Gasteiger partial charge in [-0.2, -0.15) is 0 Å². The molecule has 3 heterocycles. The topological polar surface area (TPSA) is 79.2 Å². The van der Waals surface area contributed by atoms with Crippen molar-refractivity contribution in [1.29, 1.82) is 0 Å². The molecule has 1 fully saturated rings. The number of aromatic nitrogens is 4. The molecule has 1 aliphatic rings. The third-order valence-electron chi connectivity index (χ3n) is 5.86. The number of benzene rings is 1. The van der Waals surface area contributed by atoms with Crippen molar-refractivity contribution in [2.75, 3.05) is 43.9 Å². The molecular formula is C24H31N7OS. The van der Waals surface area contributed by atoms with Crippen LogP contribution in [0.15, 0.2) is 41.7 Å². The van der Waals surface area contributed by atoms with Gasteiger partial charge in [-0.15, -0.1) is 10.2 Å². The van der Waals surface area contributed by atoms with Crippen LogP contribution in [0.2, 0.25) is 0 Å². The van der Waals surface area contributed by atoms with Gasteiger partial charge in [0.2, 0.25) is 5.91 Å². The number of nitrogens with zero attached hydrogens (tertiary/aromatic N) is 6. The standard InChI is InChI=1S/C24H31N7OS/c1-17-5-6-18(2)21(13-17)31-19(3)27-28-24(31)33-16-23(32)26-15-20-7-8-22(25-14-20)30-11-9-29(4)10-12-30/h5-8,13-14H,9-12,15-16H2,1-4H3,(H,26,32). The molecule has 8 nitrogen and oxygen atoms in total. The third-order valence-corrected chi connectivity index (χ3v) is 6.79. The average Bonchev–Trinajstić information content (AvgIpc) is 3.19. The molecule has 9 heteroatoms. The zero-order chi connectivity index (χ0) is 23.4. The maximum atomic E-state index is 12.5. The van der Waals surface area contributed by atoms with E-state index in [1.807, 2.05) is 29.8 Å². The fraction of sp³-hybridized carbons (Fsp3) is 0.417. The lowest BCUT2D eigenvalue weighted by molar-refractivity contribution is -0.118. The molecule has 1 aromatic carbocycles. The molecule has 174 valence electrons. The van der Waals surface area contributed by atoms with Crippen LogP contribution in [0.5, 0.6) is 0 Å². The Labute approximate surface area is 199 Å². The number of thioether (sulfide) groups is 1. The number of carbonyl (C=O) groups excluding carboxylic acids is 1. The summed E-state index contributed by atoms with van der Waals surface area (Å²) in [5.74, 6) is 2.03. The summed E-state index contributed by atoms with van der Waals surface area (Å²) in [6, 6.07) is 10.4. The lowest BCUT2D eigenvalue weighted by atomic mass is 10.1. The predicted octanol–water partition coefficient (Wildman–Crippen LogP) is 2.75. The Morgan fingerprint density at radius 1 is 1.06 bits per heavy atom. The second-order valence-electron chi connectivity index (χ2n) is 8.54. The maximum absolute atomic E-state index is 12.5. The quantitative estimate of drug-likeness (QED) is 0.538. The highest BCUT2D eigenvalue weighted by atomic mass is 32.2. The zero-order valence-electron chi connectivity index (χ0n) is 19.7. The summed E-state index contributed by atoms with van der Waals surface area (Å²) in [5, 5.41) is 12.2. The second kappa shape index (κ2) is 10.4. The summed E-state index contributed by atoms with van der Waals surface area (Å²) in [4.78, 5) is 21.7. The van der Waals surface area contributed by atoms with Gasteiger partial charge in [-0.25, -0.2) is 4.98 Å². The highest BCUT2D eigenvalue weighted by molar-refractivity contribution is 7.99. The summed E-state index contributed by atoms with van der Waals surface area (Å²) in [6.45, 7) is 10.6. The third kappa shape index (κ3) is 5.72. The summed E-state index contributed by atoms with van der Waals surface area (Å²) in [5.41, 5.74) is 4.35. The van der Waals surface area contributed by atoms with Crippen LogP contribution in [0.25, 0.3) is 5.69 Å². The van der Waals surface area contributed by atoms with Gasteiger partial charge < -0.3 is 15.1 Å². The summed E-state index contributed by atoms with van der Waals surface area (Å²) >= 11 is 1.39. The second-order valence-corrected chi connectivity index (χ2v) is 9.48. The molecule has 1 amide bonds. The Hall–Kier alpha value is -2.91. The van der Waals surface area contributed by atoms with E-state index in [1.54, 1.807) is 0 Å². The van der Waals surface area contributed by atoms with E-state index >= 15 is 0 Å². The fourth-order valence-corrected chi connectivity index (χ4v) is 4.62. The van der Waals surface area contributed by atoms with Crippen LogP contribution in [0.1, 0.15) is 22.5 Å².